The Bertz CT molecular complexity index is 1090. The molecule has 2 aromatic carbocycles. The van der Waals surface area contributed by atoms with Gasteiger partial charge in [0.15, 0.2) is 0 Å². The molecular formula is C21H19ClFN5O. The number of piperidine rings is 1. The zero-order chi connectivity index (χ0) is 20.2. The predicted molar refractivity (Wildman–Crippen MR) is 113 cm³/mol. The average molecular weight is 412 g/mol. The Kier molecular flexibility index (Phi) is 5.69. The third kappa shape index (κ3) is 4.70. The van der Waals surface area contributed by atoms with E-state index in [2.05, 4.69) is 25.9 Å². The highest BCUT2D eigenvalue weighted by atomic mass is 35.5. The molecule has 3 aromatic rings. The average Bonchev–Trinajstić information content (AvgIpc) is 2.72. The van der Waals surface area contributed by atoms with Gasteiger partial charge in [-0.1, -0.05) is 17.2 Å². The Balaban J connectivity index is 1.58. The first kappa shape index (κ1) is 19.3. The number of nitrogens with zero attached hydrogens (tertiary/aromatic N) is 2. The minimum atomic E-state index is -0.488. The maximum atomic E-state index is 13.4. The van der Waals surface area contributed by atoms with Crippen molar-refractivity contribution < 1.29 is 9.18 Å². The van der Waals surface area contributed by atoms with Crippen LogP contribution in [-0.4, -0.2) is 29.0 Å². The lowest BCUT2D eigenvalue weighted by Crippen LogP contribution is -2.24. The zero-order valence-corrected chi connectivity index (χ0v) is 16.3. The molecule has 4 rings (SSSR count). The molecule has 0 radical (unpaired) electrons. The van der Waals surface area contributed by atoms with Crippen molar-refractivity contribution in [2.45, 2.75) is 12.8 Å². The van der Waals surface area contributed by atoms with Crippen LogP contribution < -0.4 is 16.0 Å². The van der Waals surface area contributed by atoms with E-state index in [4.69, 9.17) is 11.6 Å². The summed E-state index contributed by atoms with van der Waals surface area (Å²) in [6.07, 6.45) is 4.88. The smallest absolute Gasteiger partial charge is 0.248 e. The second kappa shape index (κ2) is 8.55. The second-order valence-corrected chi connectivity index (χ2v) is 7.16. The Labute approximate surface area is 172 Å². The van der Waals surface area contributed by atoms with Crippen LogP contribution in [0.3, 0.4) is 0 Å². The lowest BCUT2D eigenvalue weighted by Gasteiger charge is -2.15. The fraction of sp³-hybridized carbons (Fsp3) is 0.190. The highest BCUT2D eigenvalue weighted by molar-refractivity contribution is 6.31. The molecule has 0 spiro atoms. The van der Waals surface area contributed by atoms with Crippen molar-refractivity contribution in [3.05, 3.63) is 65.2 Å². The van der Waals surface area contributed by atoms with Gasteiger partial charge in [0.25, 0.3) is 0 Å². The molecule has 0 bridgehead atoms. The summed E-state index contributed by atoms with van der Waals surface area (Å²) in [6, 6.07) is 9.77. The molecule has 1 fully saturated rings. The molecule has 1 aliphatic rings. The minimum absolute atomic E-state index is 0.0206. The molecule has 3 N–H and O–H groups in total. The minimum Gasteiger partial charge on any atom is -0.340 e. The Morgan fingerprint density at radius 2 is 1.90 bits per heavy atom. The van der Waals surface area contributed by atoms with Crippen molar-refractivity contribution in [1.82, 2.24) is 15.3 Å². The molecule has 8 heteroatoms. The van der Waals surface area contributed by atoms with Crippen LogP contribution in [0.25, 0.3) is 10.9 Å². The summed E-state index contributed by atoms with van der Waals surface area (Å²) in [7, 11) is 0. The van der Waals surface area contributed by atoms with Crippen LogP contribution in [0.4, 0.5) is 21.6 Å². The number of fused-ring (bicyclic) bond motifs is 1. The van der Waals surface area contributed by atoms with Gasteiger partial charge < -0.3 is 16.0 Å². The number of anilines is 3. The van der Waals surface area contributed by atoms with E-state index in [0.717, 1.165) is 36.9 Å². The number of benzene rings is 2. The van der Waals surface area contributed by atoms with Crippen LogP contribution in [0.2, 0.25) is 5.02 Å². The van der Waals surface area contributed by atoms with Crippen LogP contribution in [-0.2, 0) is 4.79 Å². The summed E-state index contributed by atoms with van der Waals surface area (Å²) in [4.78, 5) is 20.9. The van der Waals surface area contributed by atoms with E-state index in [1.807, 2.05) is 12.1 Å². The van der Waals surface area contributed by atoms with Gasteiger partial charge in [-0.25, -0.2) is 14.4 Å². The summed E-state index contributed by atoms with van der Waals surface area (Å²) in [5, 5.41) is 10.0. The molecule has 148 valence electrons. The molecule has 1 saturated heterocycles. The van der Waals surface area contributed by atoms with E-state index >= 15 is 0 Å². The maximum Gasteiger partial charge on any atom is 0.248 e. The number of hydrogen-bond acceptors (Lipinski definition) is 5. The lowest BCUT2D eigenvalue weighted by molar-refractivity contribution is -0.112. The van der Waals surface area contributed by atoms with E-state index in [0.29, 0.717) is 22.7 Å². The van der Waals surface area contributed by atoms with Gasteiger partial charge >= 0.3 is 0 Å². The molecule has 6 nitrogen and oxygen atoms in total. The molecule has 0 saturated carbocycles. The zero-order valence-electron chi connectivity index (χ0n) is 15.5. The number of halogens is 2. The van der Waals surface area contributed by atoms with Crippen LogP contribution >= 0.6 is 11.6 Å². The summed E-state index contributed by atoms with van der Waals surface area (Å²) in [5.41, 5.74) is 3.09. The Hall–Kier alpha value is -3.03. The quantitative estimate of drug-likeness (QED) is 0.554. The first-order valence-electron chi connectivity index (χ1n) is 9.26. The van der Waals surface area contributed by atoms with Crippen molar-refractivity contribution in [1.29, 1.82) is 0 Å². The maximum absolute atomic E-state index is 13.4. The van der Waals surface area contributed by atoms with E-state index in [1.54, 1.807) is 18.2 Å². The van der Waals surface area contributed by atoms with Crippen LogP contribution in [0.15, 0.2) is 54.4 Å². The molecule has 29 heavy (non-hydrogen) atoms. The standard InChI is InChI=1S/C21H19ClFN5O/c22-17-11-15(1-3-18(17)23)28-21-16-10-14(2-4-19(16)25-12-26-21)27-20(29)9-13-5-7-24-8-6-13/h1-4,9-12,24H,5-8H2,(H,27,29)(H,25,26,28). The van der Waals surface area contributed by atoms with Gasteiger partial charge in [-0.05, 0) is 62.3 Å². The number of rotatable bonds is 4. The Morgan fingerprint density at radius 1 is 1.10 bits per heavy atom. The number of aromatic nitrogens is 2. The van der Waals surface area contributed by atoms with Gasteiger partial charge in [0.2, 0.25) is 5.91 Å². The molecule has 1 amide bonds. The molecule has 2 heterocycles. The van der Waals surface area contributed by atoms with Crippen LogP contribution in [0.1, 0.15) is 12.8 Å². The third-order valence-electron chi connectivity index (χ3n) is 4.67. The largest absolute Gasteiger partial charge is 0.340 e. The summed E-state index contributed by atoms with van der Waals surface area (Å²) in [5.74, 6) is -0.110. The summed E-state index contributed by atoms with van der Waals surface area (Å²) < 4.78 is 13.4. The van der Waals surface area contributed by atoms with E-state index < -0.39 is 5.82 Å². The first-order chi connectivity index (χ1) is 14.1. The van der Waals surface area contributed by atoms with Gasteiger partial charge in [0.1, 0.15) is 18.0 Å². The van der Waals surface area contributed by atoms with Crippen molar-refractivity contribution in [3.8, 4) is 0 Å². The van der Waals surface area contributed by atoms with Gasteiger partial charge in [-0.15, -0.1) is 0 Å². The normalized spacial score (nSPS) is 13.9. The monoisotopic (exact) mass is 411 g/mol. The Morgan fingerprint density at radius 3 is 2.69 bits per heavy atom. The number of nitrogens with one attached hydrogen (secondary N) is 3. The van der Waals surface area contributed by atoms with E-state index in [-0.39, 0.29) is 10.9 Å². The second-order valence-electron chi connectivity index (χ2n) is 6.75. The number of carbonyl (C=O) groups is 1. The predicted octanol–water partition coefficient (Wildman–Crippen LogP) is 4.41. The SMILES string of the molecule is O=C(C=C1CCNCC1)Nc1ccc2ncnc(Nc3ccc(F)c(Cl)c3)c2c1. The van der Waals surface area contributed by atoms with Crippen molar-refractivity contribution >= 4 is 45.6 Å². The van der Waals surface area contributed by atoms with Gasteiger partial charge in [0, 0.05) is 22.8 Å². The summed E-state index contributed by atoms with van der Waals surface area (Å²) in [6.45, 7) is 1.80. The van der Waals surface area contributed by atoms with Crippen molar-refractivity contribution in [2.75, 3.05) is 23.7 Å². The molecule has 0 unspecified atom stereocenters. The van der Waals surface area contributed by atoms with E-state index in [9.17, 15) is 9.18 Å². The molecular weight excluding hydrogens is 393 g/mol. The van der Waals surface area contributed by atoms with Gasteiger partial charge in [-0.2, -0.15) is 0 Å². The number of carbonyl (C=O) groups excluding carboxylic acids is 1. The first-order valence-corrected chi connectivity index (χ1v) is 9.64. The van der Waals surface area contributed by atoms with Gasteiger partial charge in [0.05, 0.1) is 10.5 Å². The molecule has 1 aromatic heterocycles. The molecule has 0 atom stereocenters. The highest BCUT2D eigenvalue weighted by Crippen LogP contribution is 2.27. The fourth-order valence-electron chi connectivity index (χ4n) is 3.20. The molecule has 1 aliphatic heterocycles. The fourth-order valence-corrected chi connectivity index (χ4v) is 3.38. The third-order valence-corrected chi connectivity index (χ3v) is 4.96. The van der Waals surface area contributed by atoms with Crippen molar-refractivity contribution in [3.63, 3.8) is 0 Å². The highest BCUT2D eigenvalue weighted by Gasteiger charge is 2.10. The number of amides is 1. The topological polar surface area (TPSA) is 78.9 Å². The number of hydrogen-bond donors (Lipinski definition) is 3. The van der Waals surface area contributed by atoms with Crippen LogP contribution in [0, 0.1) is 5.82 Å². The van der Waals surface area contributed by atoms with Crippen molar-refractivity contribution in [2.24, 2.45) is 0 Å². The van der Waals surface area contributed by atoms with Gasteiger partial charge in [-0.3, -0.25) is 4.79 Å². The summed E-state index contributed by atoms with van der Waals surface area (Å²) >= 11 is 5.86. The van der Waals surface area contributed by atoms with Crippen LogP contribution in [0.5, 0.6) is 0 Å². The van der Waals surface area contributed by atoms with E-state index in [1.165, 1.54) is 18.5 Å². The molecule has 0 aliphatic carbocycles. The lowest BCUT2D eigenvalue weighted by atomic mass is 10.1.